The summed E-state index contributed by atoms with van der Waals surface area (Å²) < 4.78 is 14.3. The maximum atomic E-state index is 14.0. The molecule has 1 saturated carbocycles. The average molecular weight is 325 g/mol. The monoisotopic (exact) mass is 324 g/mol. The number of nitriles is 1. The molecule has 0 heterocycles. The molecule has 0 amide bonds. The van der Waals surface area contributed by atoms with E-state index in [4.69, 9.17) is 5.26 Å². The van der Waals surface area contributed by atoms with Gasteiger partial charge in [0.25, 0.3) is 0 Å². The Bertz CT molecular complexity index is 488. The largest absolute Gasteiger partial charge is 0.382 e. The van der Waals surface area contributed by atoms with Crippen molar-refractivity contribution in [1.82, 2.24) is 0 Å². The number of halogens is 2. The van der Waals surface area contributed by atoms with Crippen molar-refractivity contribution in [2.45, 2.75) is 32.6 Å². The summed E-state index contributed by atoms with van der Waals surface area (Å²) in [7, 11) is 0. The van der Waals surface area contributed by atoms with Crippen LogP contribution in [0, 0.1) is 29.0 Å². The first kappa shape index (κ1) is 14.3. The Labute approximate surface area is 122 Å². The van der Waals surface area contributed by atoms with Crippen LogP contribution in [0.3, 0.4) is 0 Å². The predicted molar refractivity (Wildman–Crippen MR) is 78.4 cm³/mol. The summed E-state index contributed by atoms with van der Waals surface area (Å²) in [6.45, 7) is 3.10. The molecule has 0 saturated heterocycles. The normalized spacial score (nSPS) is 22.8. The van der Waals surface area contributed by atoms with Crippen LogP contribution in [0.25, 0.3) is 0 Å². The smallest absolute Gasteiger partial charge is 0.161 e. The van der Waals surface area contributed by atoms with Crippen molar-refractivity contribution in [1.29, 1.82) is 5.26 Å². The maximum absolute atomic E-state index is 14.0. The van der Waals surface area contributed by atoms with Crippen LogP contribution in [-0.4, -0.2) is 6.54 Å². The zero-order valence-corrected chi connectivity index (χ0v) is 12.6. The second-order valence-corrected chi connectivity index (χ2v) is 6.20. The second-order valence-electron chi connectivity index (χ2n) is 5.41. The van der Waals surface area contributed by atoms with Gasteiger partial charge in [-0.2, -0.15) is 5.26 Å². The number of hydrogen-bond acceptors (Lipinski definition) is 2. The van der Waals surface area contributed by atoms with Gasteiger partial charge in [-0.3, -0.25) is 0 Å². The Balaban J connectivity index is 1.97. The summed E-state index contributed by atoms with van der Waals surface area (Å²) in [4.78, 5) is 0. The van der Waals surface area contributed by atoms with Gasteiger partial charge in [0, 0.05) is 6.54 Å². The molecule has 0 radical (unpaired) electrons. The van der Waals surface area contributed by atoms with E-state index in [1.165, 1.54) is 25.7 Å². The van der Waals surface area contributed by atoms with Gasteiger partial charge in [0.05, 0.1) is 15.7 Å². The maximum Gasteiger partial charge on any atom is 0.161 e. The summed E-state index contributed by atoms with van der Waals surface area (Å²) in [6.07, 6.45) is 4.97. The number of anilines is 1. The van der Waals surface area contributed by atoms with Crippen molar-refractivity contribution in [2.75, 3.05) is 11.9 Å². The highest BCUT2D eigenvalue weighted by molar-refractivity contribution is 9.10. The minimum absolute atomic E-state index is 0.247. The first-order valence-corrected chi connectivity index (χ1v) is 7.53. The SMILES string of the molecule is CC1CCC(CNc2ccc(C#N)c(Br)c2F)CC1. The fourth-order valence-corrected chi connectivity index (χ4v) is 2.99. The summed E-state index contributed by atoms with van der Waals surface area (Å²) in [6, 6.07) is 5.24. The minimum Gasteiger partial charge on any atom is -0.382 e. The summed E-state index contributed by atoms with van der Waals surface area (Å²) in [5.41, 5.74) is 0.805. The van der Waals surface area contributed by atoms with E-state index in [2.05, 4.69) is 28.2 Å². The van der Waals surface area contributed by atoms with Crippen molar-refractivity contribution in [3.63, 3.8) is 0 Å². The number of benzene rings is 1. The molecular weight excluding hydrogens is 307 g/mol. The van der Waals surface area contributed by atoms with Gasteiger partial charge in [-0.15, -0.1) is 0 Å². The molecule has 1 fully saturated rings. The third-order valence-corrected chi connectivity index (χ3v) is 4.69. The van der Waals surface area contributed by atoms with Gasteiger partial charge in [-0.05, 0) is 52.7 Å². The van der Waals surface area contributed by atoms with Crippen molar-refractivity contribution in [3.05, 3.63) is 28.0 Å². The van der Waals surface area contributed by atoms with Gasteiger partial charge >= 0.3 is 0 Å². The Morgan fingerprint density at radius 2 is 2.05 bits per heavy atom. The molecule has 0 unspecified atom stereocenters. The van der Waals surface area contributed by atoms with Gasteiger partial charge in [0.15, 0.2) is 5.82 Å². The van der Waals surface area contributed by atoms with E-state index >= 15 is 0 Å². The van der Waals surface area contributed by atoms with Crippen LogP contribution in [0.2, 0.25) is 0 Å². The molecule has 0 aliphatic heterocycles. The second kappa shape index (κ2) is 6.38. The van der Waals surface area contributed by atoms with Crippen molar-refractivity contribution in [2.24, 2.45) is 11.8 Å². The zero-order chi connectivity index (χ0) is 13.8. The van der Waals surface area contributed by atoms with Crippen molar-refractivity contribution >= 4 is 21.6 Å². The number of hydrogen-bond donors (Lipinski definition) is 1. The molecule has 0 bridgehead atoms. The molecule has 0 spiro atoms. The molecule has 1 N–H and O–H groups in total. The number of nitrogens with zero attached hydrogens (tertiary/aromatic N) is 1. The fourth-order valence-electron chi connectivity index (χ4n) is 2.56. The van der Waals surface area contributed by atoms with Gasteiger partial charge in [0.2, 0.25) is 0 Å². The third kappa shape index (κ3) is 3.48. The summed E-state index contributed by atoms with van der Waals surface area (Å²) in [5, 5.41) is 12.0. The van der Waals surface area contributed by atoms with E-state index in [9.17, 15) is 4.39 Å². The Hall–Kier alpha value is -1.08. The molecule has 0 atom stereocenters. The predicted octanol–water partition coefficient (Wildman–Crippen LogP) is 4.70. The lowest BCUT2D eigenvalue weighted by molar-refractivity contribution is 0.300. The van der Waals surface area contributed by atoms with E-state index < -0.39 is 0 Å². The van der Waals surface area contributed by atoms with Crippen LogP contribution in [0.15, 0.2) is 16.6 Å². The Kier molecular flexibility index (Phi) is 4.81. The van der Waals surface area contributed by atoms with E-state index in [0.717, 1.165) is 12.5 Å². The van der Waals surface area contributed by atoms with Crippen LogP contribution in [-0.2, 0) is 0 Å². The van der Waals surface area contributed by atoms with Gasteiger partial charge in [0.1, 0.15) is 6.07 Å². The van der Waals surface area contributed by atoms with Gasteiger partial charge in [-0.1, -0.05) is 19.8 Å². The van der Waals surface area contributed by atoms with Gasteiger partial charge in [-0.25, -0.2) is 4.39 Å². The molecule has 19 heavy (non-hydrogen) atoms. The molecule has 1 aliphatic rings. The summed E-state index contributed by atoms with van der Waals surface area (Å²) in [5.74, 6) is 1.09. The lowest BCUT2D eigenvalue weighted by atomic mass is 9.83. The molecule has 0 aromatic heterocycles. The summed E-state index contributed by atoms with van der Waals surface area (Å²) >= 11 is 3.13. The lowest BCUT2D eigenvalue weighted by Crippen LogP contribution is -2.20. The van der Waals surface area contributed by atoms with Crippen LogP contribution >= 0.6 is 15.9 Å². The van der Waals surface area contributed by atoms with Crippen LogP contribution in [0.1, 0.15) is 38.2 Å². The van der Waals surface area contributed by atoms with E-state index in [1.807, 2.05) is 6.07 Å². The molecule has 2 rings (SSSR count). The Morgan fingerprint density at radius 3 is 2.68 bits per heavy atom. The Morgan fingerprint density at radius 1 is 1.37 bits per heavy atom. The van der Waals surface area contributed by atoms with Gasteiger partial charge < -0.3 is 5.32 Å². The molecule has 1 aliphatic carbocycles. The van der Waals surface area contributed by atoms with Crippen molar-refractivity contribution in [3.8, 4) is 6.07 Å². The third-order valence-electron chi connectivity index (χ3n) is 3.92. The number of nitrogens with one attached hydrogen (secondary N) is 1. The standard InChI is InChI=1S/C15H18BrFN2/c1-10-2-4-11(5-3-10)9-19-13-7-6-12(8-18)14(16)15(13)17/h6-7,10-11,19H,2-5,9H2,1H3. The molecule has 2 nitrogen and oxygen atoms in total. The first-order chi connectivity index (χ1) is 9.11. The highest BCUT2D eigenvalue weighted by atomic mass is 79.9. The van der Waals surface area contributed by atoms with E-state index in [0.29, 0.717) is 17.2 Å². The highest BCUT2D eigenvalue weighted by Crippen LogP contribution is 2.30. The van der Waals surface area contributed by atoms with Crippen molar-refractivity contribution < 1.29 is 4.39 Å². The number of rotatable bonds is 3. The molecule has 1 aromatic rings. The fraction of sp³-hybridized carbons (Fsp3) is 0.533. The molecule has 4 heteroatoms. The van der Waals surface area contributed by atoms with Crippen LogP contribution < -0.4 is 5.32 Å². The molecule has 102 valence electrons. The zero-order valence-electron chi connectivity index (χ0n) is 11.0. The van der Waals surface area contributed by atoms with Crippen LogP contribution in [0.4, 0.5) is 10.1 Å². The average Bonchev–Trinajstić information content (AvgIpc) is 2.42. The quantitative estimate of drug-likeness (QED) is 0.874. The first-order valence-electron chi connectivity index (χ1n) is 6.73. The minimum atomic E-state index is -0.372. The highest BCUT2D eigenvalue weighted by Gasteiger charge is 2.18. The van der Waals surface area contributed by atoms with E-state index in [1.54, 1.807) is 12.1 Å². The molecule has 1 aromatic carbocycles. The molecular formula is C15H18BrFN2. The lowest BCUT2D eigenvalue weighted by Gasteiger charge is -2.26. The topological polar surface area (TPSA) is 35.8 Å². The van der Waals surface area contributed by atoms with E-state index in [-0.39, 0.29) is 10.3 Å². The van der Waals surface area contributed by atoms with Crippen LogP contribution in [0.5, 0.6) is 0 Å².